The van der Waals surface area contributed by atoms with Crippen LogP contribution in [-0.4, -0.2) is 43.8 Å². The Morgan fingerprint density at radius 2 is 1.16 bits per heavy atom. The minimum Gasteiger partial charge on any atom is -0.496 e. The second-order valence-electron chi connectivity index (χ2n) is 10.6. The van der Waals surface area contributed by atoms with Crippen LogP contribution in [0, 0.1) is 0 Å². The van der Waals surface area contributed by atoms with Crippen LogP contribution in [0.3, 0.4) is 0 Å². The Balaban J connectivity index is 1.43. The number of urea groups is 1. The first-order chi connectivity index (χ1) is 21.6. The van der Waals surface area contributed by atoms with E-state index in [0.717, 1.165) is 38.2 Å². The van der Waals surface area contributed by atoms with E-state index in [1.54, 1.807) is 14.2 Å². The summed E-state index contributed by atoms with van der Waals surface area (Å²) in [6.45, 7) is 0. The van der Waals surface area contributed by atoms with Gasteiger partial charge in [-0.05, 0) is 55.6 Å². The standard InChI is InChI=1S/C37H24N4O3/c1-43-31-19-32(44-2)29(35-39-30-20-38-37(42)41-36(30)40-35)18-28(31)34-26-13-7-5-11-24(26)33(25-12-6-8-14-27(25)34)23-16-15-21-9-3-4-10-22(21)17-23/h3-20H,1-2H3. The molecule has 7 nitrogen and oxygen atoms in total. The number of amidine groups is 2. The molecule has 0 radical (unpaired) electrons. The SMILES string of the molecule is COc1cc(OC)c(-c2c3ccccc3c(-c3ccc4ccccc4c3)c3ccccc23)cc1C1=NC2=NC(=O)N=CC2=N1. The van der Waals surface area contributed by atoms with E-state index >= 15 is 0 Å². The van der Waals surface area contributed by atoms with E-state index < -0.39 is 6.03 Å². The molecule has 44 heavy (non-hydrogen) atoms. The van der Waals surface area contributed by atoms with Crippen molar-refractivity contribution in [1.82, 2.24) is 0 Å². The van der Waals surface area contributed by atoms with Crippen molar-refractivity contribution in [2.45, 2.75) is 0 Å². The number of aliphatic imine (C=N–C) groups is 4. The molecule has 0 fully saturated rings. The van der Waals surface area contributed by atoms with E-state index in [9.17, 15) is 4.79 Å². The zero-order valence-electron chi connectivity index (χ0n) is 23.9. The third kappa shape index (κ3) is 4.01. The van der Waals surface area contributed by atoms with Crippen molar-refractivity contribution < 1.29 is 14.3 Å². The molecule has 210 valence electrons. The molecule has 2 amide bonds. The first-order valence-electron chi connectivity index (χ1n) is 14.2. The topological polar surface area (TPSA) is 85.0 Å². The fraction of sp³-hybridized carbons (Fsp3) is 0.0541. The Hall–Kier alpha value is -5.95. The van der Waals surface area contributed by atoms with E-state index in [1.807, 2.05) is 12.1 Å². The number of hydrogen-bond donors (Lipinski definition) is 0. The highest BCUT2D eigenvalue weighted by Gasteiger charge is 2.27. The van der Waals surface area contributed by atoms with Gasteiger partial charge in [0.15, 0.2) is 11.7 Å². The highest BCUT2D eigenvalue weighted by molar-refractivity contribution is 6.68. The number of carbonyl (C=O) groups excluding carboxylic acids is 1. The maximum Gasteiger partial charge on any atom is 0.369 e. The van der Waals surface area contributed by atoms with Gasteiger partial charge in [0.25, 0.3) is 0 Å². The summed E-state index contributed by atoms with van der Waals surface area (Å²) in [5.41, 5.74) is 5.32. The van der Waals surface area contributed by atoms with Crippen LogP contribution >= 0.6 is 0 Å². The number of carbonyl (C=O) groups is 1. The molecule has 0 bridgehead atoms. The zero-order chi connectivity index (χ0) is 29.8. The minimum atomic E-state index is -0.601. The Labute approximate surface area is 252 Å². The fourth-order valence-electron chi connectivity index (χ4n) is 6.22. The van der Waals surface area contributed by atoms with Gasteiger partial charge in [0, 0.05) is 17.2 Å². The summed E-state index contributed by atoms with van der Waals surface area (Å²) in [6, 6.07) is 35.3. The van der Waals surface area contributed by atoms with Crippen LogP contribution in [0.15, 0.2) is 123 Å². The quantitative estimate of drug-likeness (QED) is 0.195. The average molecular weight is 573 g/mol. The molecule has 0 unspecified atom stereocenters. The molecule has 8 rings (SSSR count). The molecule has 2 aliphatic rings. The van der Waals surface area contributed by atoms with Gasteiger partial charge in [-0.2, -0.15) is 9.98 Å². The van der Waals surface area contributed by atoms with Gasteiger partial charge < -0.3 is 9.47 Å². The number of hydrogen-bond acceptors (Lipinski definition) is 5. The third-order valence-corrected chi connectivity index (χ3v) is 8.17. The largest absolute Gasteiger partial charge is 0.496 e. The normalized spacial score (nSPS) is 14.0. The van der Waals surface area contributed by atoms with E-state index in [2.05, 4.69) is 111 Å². The number of ether oxygens (including phenoxy) is 2. The second-order valence-corrected chi connectivity index (χ2v) is 10.6. The molecule has 0 saturated carbocycles. The molecule has 0 atom stereocenters. The van der Waals surface area contributed by atoms with Crippen molar-refractivity contribution >= 4 is 61.9 Å². The van der Waals surface area contributed by atoms with Crippen LogP contribution in [0.4, 0.5) is 4.79 Å². The molecule has 0 aromatic heterocycles. The van der Waals surface area contributed by atoms with Crippen LogP contribution in [0.5, 0.6) is 11.5 Å². The summed E-state index contributed by atoms with van der Waals surface area (Å²) in [6.07, 6.45) is 1.39. The predicted octanol–water partition coefficient (Wildman–Crippen LogP) is 8.30. The van der Waals surface area contributed by atoms with Crippen LogP contribution in [0.1, 0.15) is 5.56 Å². The summed E-state index contributed by atoms with van der Waals surface area (Å²) in [5, 5.41) is 6.82. The number of benzene rings is 6. The fourth-order valence-corrected chi connectivity index (χ4v) is 6.22. The number of amides is 2. The molecular weight excluding hydrogens is 548 g/mol. The Morgan fingerprint density at radius 3 is 1.84 bits per heavy atom. The lowest BCUT2D eigenvalue weighted by Gasteiger charge is -2.20. The second kappa shape index (κ2) is 10.1. The molecule has 0 spiro atoms. The van der Waals surface area contributed by atoms with Gasteiger partial charge in [0.05, 0.1) is 26.0 Å². The highest BCUT2D eigenvalue weighted by Crippen LogP contribution is 2.47. The summed E-state index contributed by atoms with van der Waals surface area (Å²) >= 11 is 0. The van der Waals surface area contributed by atoms with Crippen LogP contribution in [0.2, 0.25) is 0 Å². The molecule has 2 aliphatic heterocycles. The van der Waals surface area contributed by atoms with Crippen molar-refractivity contribution in [1.29, 1.82) is 0 Å². The van der Waals surface area contributed by atoms with Crippen molar-refractivity contribution in [3.05, 3.63) is 109 Å². The molecule has 7 heteroatoms. The Kier molecular flexibility index (Phi) is 5.91. The van der Waals surface area contributed by atoms with Gasteiger partial charge >= 0.3 is 6.03 Å². The molecule has 0 aliphatic carbocycles. The van der Waals surface area contributed by atoms with Gasteiger partial charge in [-0.15, -0.1) is 0 Å². The van der Waals surface area contributed by atoms with Crippen molar-refractivity contribution in [3.63, 3.8) is 0 Å². The van der Waals surface area contributed by atoms with E-state index in [1.165, 1.54) is 22.6 Å². The number of fused-ring (bicyclic) bond motifs is 4. The maximum atomic E-state index is 11.8. The van der Waals surface area contributed by atoms with E-state index in [-0.39, 0.29) is 5.84 Å². The van der Waals surface area contributed by atoms with Crippen LogP contribution in [-0.2, 0) is 0 Å². The molecule has 6 aromatic rings. The summed E-state index contributed by atoms with van der Waals surface area (Å²) in [4.78, 5) is 28.7. The summed E-state index contributed by atoms with van der Waals surface area (Å²) in [5.74, 6) is 1.83. The average Bonchev–Trinajstić information content (AvgIpc) is 3.49. The van der Waals surface area contributed by atoms with Gasteiger partial charge in [-0.3, -0.25) is 0 Å². The molecular formula is C37H24N4O3. The molecule has 0 saturated heterocycles. The summed E-state index contributed by atoms with van der Waals surface area (Å²) in [7, 11) is 3.25. The van der Waals surface area contributed by atoms with Gasteiger partial charge in [-0.1, -0.05) is 84.9 Å². The van der Waals surface area contributed by atoms with Crippen molar-refractivity contribution in [3.8, 4) is 33.8 Å². The van der Waals surface area contributed by atoms with Crippen molar-refractivity contribution in [2.75, 3.05) is 14.2 Å². The first-order valence-corrected chi connectivity index (χ1v) is 14.2. The van der Waals surface area contributed by atoms with Gasteiger partial charge in [0.1, 0.15) is 17.2 Å². The van der Waals surface area contributed by atoms with Gasteiger partial charge in [-0.25, -0.2) is 14.8 Å². The zero-order valence-corrected chi connectivity index (χ0v) is 23.9. The predicted molar refractivity (Wildman–Crippen MR) is 178 cm³/mol. The smallest absolute Gasteiger partial charge is 0.369 e. The number of rotatable bonds is 5. The van der Waals surface area contributed by atoms with E-state index in [0.29, 0.717) is 28.6 Å². The maximum absolute atomic E-state index is 11.8. The summed E-state index contributed by atoms with van der Waals surface area (Å²) < 4.78 is 11.8. The number of methoxy groups -OCH3 is 2. The first kappa shape index (κ1) is 25.7. The Morgan fingerprint density at radius 1 is 0.545 bits per heavy atom. The molecule has 2 heterocycles. The lowest BCUT2D eigenvalue weighted by Crippen LogP contribution is -2.16. The number of nitrogens with zero attached hydrogens (tertiary/aromatic N) is 4. The minimum absolute atomic E-state index is 0.245. The van der Waals surface area contributed by atoms with E-state index in [4.69, 9.17) is 9.47 Å². The highest BCUT2D eigenvalue weighted by atomic mass is 16.5. The lowest BCUT2D eigenvalue weighted by molar-refractivity contribution is 0.257. The van der Waals surface area contributed by atoms with Crippen LogP contribution in [0.25, 0.3) is 54.6 Å². The van der Waals surface area contributed by atoms with Crippen LogP contribution < -0.4 is 9.47 Å². The lowest BCUT2D eigenvalue weighted by atomic mass is 9.85. The molecule has 6 aromatic carbocycles. The Bertz CT molecular complexity index is 2280. The van der Waals surface area contributed by atoms with Gasteiger partial charge in [0.2, 0.25) is 0 Å². The van der Waals surface area contributed by atoms with Crippen molar-refractivity contribution in [2.24, 2.45) is 20.0 Å². The monoisotopic (exact) mass is 572 g/mol. The molecule has 0 N–H and O–H groups in total. The third-order valence-electron chi connectivity index (χ3n) is 8.17.